The van der Waals surface area contributed by atoms with Crippen molar-refractivity contribution in [1.82, 2.24) is 14.0 Å². The highest BCUT2D eigenvalue weighted by Crippen LogP contribution is 2.21. The van der Waals surface area contributed by atoms with Gasteiger partial charge in [-0.3, -0.25) is 18.7 Å². The molecule has 0 aromatic carbocycles. The van der Waals surface area contributed by atoms with Crippen molar-refractivity contribution >= 4 is 27.5 Å². The van der Waals surface area contributed by atoms with Crippen LogP contribution in [0.15, 0.2) is 21.0 Å². The van der Waals surface area contributed by atoms with Crippen molar-refractivity contribution in [3.63, 3.8) is 0 Å². The molecule has 2 aromatic heterocycles. The van der Waals surface area contributed by atoms with Crippen molar-refractivity contribution in [2.45, 2.75) is 65.1 Å². The molecular formula is C18H25N3O3S. The highest BCUT2D eigenvalue weighted by Gasteiger charge is 2.26. The van der Waals surface area contributed by atoms with E-state index in [-0.39, 0.29) is 29.7 Å². The van der Waals surface area contributed by atoms with E-state index in [9.17, 15) is 14.4 Å². The van der Waals surface area contributed by atoms with Crippen LogP contribution < -0.4 is 11.2 Å². The van der Waals surface area contributed by atoms with E-state index in [1.807, 2.05) is 11.8 Å². The largest absolute Gasteiger partial charge is 0.338 e. The summed E-state index contributed by atoms with van der Waals surface area (Å²) in [7, 11) is 0. The zero-order valence-electron chi connectivity index (χ0n) is 14.9. The molecular weight excluding hydrogens is 338 g/mol. The number of amides is 1. The highest BCUT2D eigenvalue weighted by atomic mass is 32.1. The molecule has 6 nitrogen and oxygen atoms in total. The van der Waals surface area contributed by atoms with Gasteiger partial charge >= 0.3 is 5.69 Å². The number of hydrogen-bond acceptors (Lipinski definition) is 4. The van der Waals surface area contributed by atoms with Crippen molar-refractivity contribution in [3.8, 4) is 0 Å². The molecule has 3 rings (SSSR count). The van der Waals surface area contributed by atoms with Gasteiger partial charge in [-0.15, -0.1) is 11.3 Å². The third kappa shape index (κ3) is 3.29. The average molecular weight is 363 g/mol. The van der Waals surface area contributed by atoms with Crippen LogP contribution in [0.5, 0.6) is 0 Å². The van der Waals surface area contributed by atoms with Gasteiger partial charge in [-0.05, 0) is 43.6 Å². The summed E-state index contributed by atoms with van der Waals surface area (Å²) in [6.45, 7) is 5.17. The number of carbonyl (C=O) groups is 1. The van der Waals surface area contributed by atoms with E-state index >= 15 is 0 Å². The standard InChI is InChI=1S/C18H25N3O3S/c1-3-9-20-17(23)16-14(8-11-25-16)21(18(20)24)12-15(22)19-10-6-5-7-13(19)4-2/h8,11,13H,3-7,9-10,12H2,1-2H3/t13-/m0/s1. The topological polar surface area (TPSA) is 64.3 Å². The fourth-order valence-electron chi connectivity index (χ4n) is 3.69. The molecule has 1 saturated heterocycles. The zero-order valence-corrected chi connectivity index (χ0v) is 15.7. The quantitative estimate of drug-likeness (QED) is 0.819. The fraction of sp³-hybridized carbons (Fsp3) is 0.611. The maximum atomic E-state index is 12.9. The zero-order chi connectivity index (χ0) is 18.0. The van der Waals surface area contributed by atoms with E-state index in [0.29, 0.717) is 23.2 Å². The molecule has 2 aromatic rings. The Hall–Kier alpha value is -1.89. The van der Waals surface area contributed by atoms with Crippen LogP contribution in [0.1, 0.15) is 46.0 Å². The Balaban J connectivity index is 2.01. The van der Waals surface area contributed by atoms with Gasteiger partial charge in [0.25, 0.3) is 5.56 Å². The van der Waals surface area contributed by atoms with Gasteiger partial charge in [-0.2, -0.15) is 0 Å². The third-order valence-electron chi connectivity index (χ3n) is 5.00. The second-order valence-corrected chi connectivity index (χ2v) is 7.52. The van der Waals surface area contributed by atoms with E-state index in [4.69, 9.17) is 0 Å². The molecule has 0 unspecified atom stereocenters. The molecule has 1 atom stereocenters. The number of likely N-dealkylation sites (tertiary alicyclic amines) is 1. The number of piperidine rings is 1. The Kier molecular flexibility index (Phi) is 5.42. The van der Waals surface area contributed by atoms with Crippen LogP contribution in [0.3, 0.4) is 0 Å². The predicted molar refractivity (Wildman–Crippen MR) is 100 cm³/mol. The van der Waals surface area contributed by atoms with Crippen LogP contribution in [0, 0.1) is 0 Å². The van der Waals surface area contributed by atoms with Gasteiger partial charge in [0.2, 0.25) is 5.91 Å². The molecule has 3 heterocycles. The summed E-state index contributed by atoms with van der Waals surface area (Å²) in [5, 5.41) is 1.80. The SMILES string of the molecule is CCCn1c(=O)c2sccc2n(CC(=O)N2CCCC[C@@H]2CC)c1=O. The lowest BCUT2D eigenvalue weighted by molar-refractivity contribution is -0.135. The van der Waals surface area contributed by atoms with E-state index < -0.39 is 0 Å². The molecule has 1 fully saturated rings. The summed E-state index contributed by atoms with van der Waals surface area (Å²) in [5.41, 5.74) is -0.0492. The Bertz CT molecular complexity index is 880. The number of rotatable bonds is 5. The monoisotopic (exact) mass is 363 g/mol. The van der Waals surface area contributed by atoms with Gasteiger partial charge in [0.05, 0.1) is 5.52 Å². The first kappa shape index (κ1) is 17.9. The minimum atomic E-state index is -0.379. The molecule has 1 amide bonds. The van der Waals surface area contributed by atoms with Gasteiger partial charge in [-0.25, -0.2) is 4.79 Å². The number of aromatic nitrogens is 2. The molecule has 0 saturated carbocycles. The van der Waals surface area contributed by atoms with Gasteiger partial charge in [-0.1, -0.05) is 13.8 Å². The van der Waals surface area contributed by atoms with Gasteiger partial charge in [0.1, 0.15) is 11.2 Å². The Morgan fingerprint density at radius 3 is 2.76 bits per heavy atom. The lowest BCUT2D eigenvalue weighted by atomic mass is 10.00. The van der Waals surface area contributed by atoms with Gasteiger partial charge < -0.3 is 4.90 Å². The van der Waals surface area contributed by atoms with Crippen LogP contribution in [0.2, 0.25) is 0 Å². The molecule has 0 spiro atoms. The van der Waals surface area contributed by atoms with Crippen LogP contribution >= 0.6 is 11.3 Å². The maximum Gasteiger partial charge on any atom is 0.332 e. The molecule has 136 valence electrons. The Labute approximate surface area is 150 Å². The summed E-state index contributed by atoms with van der Waals surface area (Å²) < 4.78 is 3.29. The molecule has 0 aliphatic carbocycles. The number of carbonyl (C=O) groups excluding carboxylic acids is 1. The third-order valence-corrected chi connectivity index (χ3v) is 5.89. The molecule has 0 N–H and O–H groups in total. The van der Waals surface area contributed by atoms with Crippen molar-refractivity contribution in [1.29, 1.82) is 0 Å². The second kappa shape index (κ2) is 7.56. The first-order chi connectivity index (χ1) is 12.1. The molecule has 1 aliphatic heterocycles. The first-order valence-electron chi connectivity index (χ1n) is 9.08. The van der Waals surface area contributed by atoms with Crippen molar-refractivity contribution < 1.29 is 4.79 Å². The molecule has 0 radical (unpaired) electrons. The normalized spacial score (nSPS) is 18.0. The highest BCUT2D eigenvalue weighted by molar-refractivity contribution is 7.17. The lowest BCUT2D eigenvalue weighted by Crippen LogP contribution is -2.47. The Morgan fingerprint density at radius 2 is 2.04 bits per heavy atom. The smallest absolute Gasteiger partial charge is 0.332 e. The minimum absolute atomic E-state index is 0.00651. The second-order valence-electron chi connectivity index (χ2n) is 6.61. The summed E-state index contributed by atoms with van der Waals surface area (Å²) in [6, 6.07) is 2.02. The van der Waals surface area contributed by atoms with Crippen LogP contribution in [0.4, 0.5) is 0 Å². The molecule has 1 aliphatic rings. The maximum absolute atomic E-state index is 12.9. The fourth-order valence-corrected chi connectivity index (χ4v) is 4.53. The molecule has 25 heavy (non-hydrogen) atoms. The lowest BCUT2D eigenvalue weighted by Gasteiger charge is -2.35. The van der Waals surface area contributed by atoms with Crippen molar-refractivity contribution in [3.05, 3.63) is 32.3 Å². The summed E-state index contributed by atoms with van der Waals surface area (Å²) >= 11 is 1.33. The summed E-state index contributed by atoms with van der Waals surface area (Å²) in [5.74, 6) is -0.0251. The average Bonchev–Trinajstić information content (AvgIpc) is 3.12. The van der Waals surface area contributed by atoms with Crippen molar-refractivity contribution in [2.75, 3.05) is 6.54 Å². The van der Waals surface area contributed by atoms with Gasteiger partial charge in [0.15, 0.2) is 0 Å². The minimum Gasteiger partial charge on any atom is -0.338 e. The van der Waals surface area contributed by atoms with E-state index in [1.54, 1.807) is 11.4 Å². The molecule has 7 heteroatoms. The van der Waals surface area contributed by atoms with Crippen LogP contribution in [-0.2, 0) is 17.9 Å². The number of nitrogens with zero attached hydrogens (tertiary/aromatic N) is 3. The number of fused-ring (bicyclic) bond motifs is 1. The summed E-state index contributed by atoms with van der Waals surface area (Å²) in [4.78, 5) is 40.1. The molecule has 0 bridgehead atoms. The van der Waals surface area contributed by atoms with E-state index in [0.717, 1.165) is 32.2 Å². The number of hydrogen-bond donors (Lipinski definition) is 0. The predicted octanol–water partition coefficient (Wildman–Crippen LogP) is 2.43. The van der Waals surface area contributed by atoms with Crippen LogP contribution in [0.25, 0.3) is 10.2 Å². The first-order valence-corrected chi connectivity index (χ1v) is 9.96. The van der Waals surface area contributed by atoms with Crippen molar-refractivity contribution in [2.24, 2.45) is 0 Å². The van der Waals surface area contributed by atoms with E-state index in [1.165, 1.54) is 20.5 Å². The van der Waals surface area contributed by atoms with E-state index in [2.05, 4.69) is 6.92 Å². The Morgan fingerprint density at radius 1 is 1.24 bits per heavy atom. The summed E-state index contributed by atoms with van der Waals surface area (Å²) in [6.07, 6.45) is 4.83. The number of thiophene rings is 1. The van der Waals surface area contributed by atoms with Gasteiger partial charge in [0, 0.05) is 19.1 Å². The van der Waals surface area contributed by atoms with Crippen LogP contribution in [-0.4, -0.2) is 32.5 Å².